The zero-order valence-corrected chi connectivity index (χ0v) is 23.3. The van der Waals surface area contributed by atoms with Gasteiger partial charge in [-0.3, -0.25) is 14.1 Å². The molecule has 1 aliphatic carbocycles. The second kappa shape index (κ2) is 12.8. The number of aliphatic carboxylic acids is 1. The lowest BCUT2D eigenvalue weighted by atomic mass is 10.0. The van der Waals surface area contributed by atoms with Gasteiger partial charge in [0.05, 0.1) is 35.7 Å². The number of pyridine rings is 1. The number of nitrogens with one attached hydrogen (secondary N) is 1. The molecule has 0 saturated heterocycles. The molecule has 3 N–H and O–H groups in total. The molecular formula is C28H35N3O7S. The second-order valence-electron chi connectivity index (χ2n) is 9.98. The van der Waals surface area contributed by atoms with Crippen LogP contribution in [0.3, 0.4) is 0 Å². The van der Waals surface area contributed by atoms with Crippen LogP contribution in [0.1, 0.15) is 65.2 Å². The number of amides is 1. The van der Waals surface area contributed by atoms with Crippen molar-refractivity contribution in [1.29, 1.82) is 0 Å². The number of fused-ring (bicyclic) bond motifs is 1. The van der Waals surface area contributed by atoms with Crippen molar-refractivity contribution < 1.29 is 32.6 Å². The molecule has 4 rings (SSSR count). The molecule has 2 unspecified atom stereocenters. The van der Waals surface area contributed by atoms with Crippen molar-refractivity contribution in [3.05, 3.63) is 52.7 Å². The summed E-state index contributed by atoms with van der Waals surface area (Å²) in [5.41, 5.74) is 4.16. The zero-order chi connectivity index (χ0) is 28.1. The van der Waals surface area contributed by atoms with E-state index in [-0.39, 0.29) is 25.0 Å². The van der Waals surface area contributed by atoms with Gasteiger partial charge in [-0.1, -0.05) is 36.2 Å². The molecule has 10 nitrogen and oxygen atoms in total. The average molecular weight is 558 g/mol. The third-order valence-electron chi connectivity index (χ3n) is 7.05. The molecule has 0 radical (unpaired) electrons. The monoisotopic (exact) mass is 557 g/mol. The Morgan fingerprint density at radius 2 is 1.97 bits per heavy atom. The number of ether oxygens (including phenoxy) is 1. The fourth-order valence-electron chi connectivity index (χ4n) is 4.75. The Bertz CT molecular complexity index is 1350. The molecule has 1 aliphatic rings. The quantitative estimate of drug-likeness (QED) is 0.194. The van der Waals surface area contributed by atoms with Gasteiger partial charge in [0.15, 0.2) is 0 Å². The normalized spacial score (nSPS) is 15.0. The number of rotatable bonds is 14. The van der Waals surface area contributed by atoms with Crippen LogP contribution in [0.5, 0.6) is 0 Å². The predicted octanol–water partition coefficient (Wildman–Crippen LogP) is 4.50. The number of benzene rings is 1. The van der Waals surface area contributed by atoms with E-state index >= 15 is 0 Å². The number of carbonyl (C=O) groups is 2. The van der Waals surface area contributed by atoms with E-state index < -0.39 is 23.2 Å². The van der Waals surface area contributed by atoms with Crippen molar-refractivity contribution in [3.63, 3.8) is 0 Å². The largest absolute Gasteiger partial charge is 0.481 e. The molecule has 2 heterocycles. The second-order valence-corrected chi connectivity index (χ2v) is 11.0. The average Bonchev–Trinajstić information content (AvgIpc) is 3.69. The summed E-state index contributed by atoms with van der Waals surface area (Å²) in [6.45, 7) is 2.54. The lowest BCUT2D eigenvalue weighted by Gasteiger charge is -2.19. The fourth-order valence-corrected chi connectivity index (χ4v) is 5.26. The molecule has 2 aromatic heterocycles. The summed E-state index contributed by atoms with van der Waals surface area (Å²) < 4.78 is 34.8. The van der Waals surface area contributed by atoms with Crippen LogP contribution in [0.15, 0.2) is 34.7 Å². The number of methoxy groups -OCH3 is 1. The van der Waals surface area contributed by atoms with Gasteiger partial charge in [0.2, 0.25) is 17.0 Å². The molecule has 11 heteroatoms. The number of carboxylic acids is 1. The van der Waals surface area contributed by atoms with Gasteiger partial charge in [0.25, 0.3) is 5.91 Å². The third-order valence-corrected chi connectivity index (χ3v) is 7.81. The molecule has 1 saturated carbocycles. The summed E-state index contributed by atoms with van der Waals surface area (Å²) in [6, 6.07) is 9.66. The van der Waals surface area contributed by atoms with E-state index in [1.54, 1.807) is 7.05 Å². The van der Waals surface area contributed by atoms with Gasteiger partial charge in [-0.25, -0.2) is 9.19 Å². The summed E-state index contributed by atoms with van der Waals surface area (Å²) in [5, 5.41) is 12.6. The van der Waals surface area contributed by atoms with E-state index in [9.17, 15) is 23.5 Å². The molecule has 0 aliphatic heterocycles. The number of hydrogen-bond donors (Lipinski definition) is 3. The Labute approximate surface area is 230 Å². The van der Waals surface area contributed by atoms with E-state index in [0.29, 0.717) is 53.9 Å². The first-order valence-corrected chi connectivity index (χ1v) is 14.1. The smallest absolute Gasteiger partial charge is 0.308 e. The van der Waals surface area contributed by atoms with Gasteiger partial charge in [-0.15, -0.1) is 0 Å². The number of furan rings is 1. The maximum atomic E-state index is 13.0. The van der Waals surface area contributed by atoms with Crippen molar-refractivity contribution in [2.45, 2.75) is 51.5 Å². The minimum atomic E-state index is -2.25. The van der Waals surface area contributed by atoms with E-state index in [1.807, 2.05) is 37.3 Å². The van der Waals surface area contributed by atoms with Crippen LogP contribution in [0.2, 0.25) is 0 Å². The third kappa shape index (κ3) is 6.91. The lowest BCUT2D eigenvalue weighted by molar-refractivity contribution is -0.143. The van der Waals surface area contributed by atoms with Gasteiger partial charge >= 0.3 is 5.97 Å². The molecule has 1 fully saturated rings. The molecule has 2 atom stereocenters. The summed E-state index contributed by atoms with van der Waals surface area (Å²) >= 11 is -2.25. The minimum Gasteiger partial charge on any atom is -0.481 e. The molecule has 0 spiro atoms. The van der Waals surface area contributed by atoms with Crippen LogP contribution in [0.4, 0.5) is 0 Å². The highest BCUT2D eigenvalue weighted by molar-refractivity contribution is 7.76. The maximum Gasteiger partial charge on any atom is 0.308 e. The van der Waals surface area contributed by atoms with Gasteiger partial charge in [-0.2, -0.15) is 4.31 Å². The number of hydrogen-bond acceptors (Lipinski definition) is 6. The van der Waals surface area contributed by atoms with Crippen molar-refractivity contribution in [2.75, 3.05) is 27.3 Å². The number of nitrogens with zero attached hydrogens (tertiary/aromatic N) is 2. The standard InChI is InChI=1S/C28H35N3O7S/c1-17-7-9-19(10-8-17)25-24(26(32)29-2)22-14-21(18-11-12-18)23(30-27(22)38-25)15-31(39(35)36)13-5-4-6-20(16-37-3)28(33)34/h7-10,14,18,20H,4-6,11-13,15-16H2,1-3H3,(H,29,32)(H,33,34)(H,35,36). The van der Waals surface area contributed by atoms with E-state index in [4.69, 9.17) is 14.1 Å². The lowest BCUT2D eigenvalue weighted by Crippen LogP contribution is -2.28. The molecule has 0 bridgehead atoms. The first-order valence-electron chi connectivity index (χ1n) is 13.1. The van der Waals surface area contributed by atoms with Crippen LogP contribution in [-0.4, -0.2) is 62.3 Å². The Morgan fingerprint density at radius 1 is 1.26 bits per heavy atom. The van der Waals surface area contributed by atoms with E-state index in [0.717, 1.165) is 29.5 Å². The summed E-state index contributed by atoms with van der Waals surface area (Å²) in [5.74, 6) is -1.09. The fraction of sp³-hybridized carbons (Fsp3) is 0.464. The topological polar surface area (TPSA) is 142 Å². The highest BCUT2D eigenvalue weighted by Crippen LogP contribution is 2.44. The number of unbranched alkanes of at least 4 members (excludes halogenated alkanes) is 1. The van der Waals surface area contributed by atoms with E-state index in [1.165, 1.54) is 11.4 Å². The number of aromatic nitrogens is 1. The summed E-state index contributed by atoms with van der Waals surface area (Å²) in [6.07, 6.45) is 3.50. The van der Waals surface area contributed by atoms with Crippen molar-refractivity contribution in [1.82, 2.24) is 14.6 Å². The van der Waals surface area contributed by atoms with Gasteiger partial charge in [-0.05, 0) is 50.2 Å². The van der Waals surface area contributed by atoms with Gasteiger partial charge < -0.3 is 19.6 Å². The van der Waals surface area contributed by atoms with Crippen LogP contribution in [-0.2, 0) is 27.3 Å². The Kier molecular flexibility index (Phi) is 9.49. The van der Waals surface area contributed by atoms with Crippen LogP contribution < -0.4 is 5.32 Å². The predicted molar refractivity (Wildman–Crippen MR) is 148 cm³/mol. The molecule has 1 aromatic carbocycles. The number of aryl methyl sites for hydroxylation is 1. The van der Waals surface area contributed by atoms with E-state index in [2.05, 4.69) is 5.32 Å². The molecule has 1 amide bonds. The van der Waals surface area contributed by atoms with Crippen molar-refractivity contribution >= 4 is 34.2 Å². The van der Waals surface area contributed by atoms with Crippen molar-refractivity contribution in [2.24, 2.45) is 5.92 Å². The van der Waals surface area contributed by atoms with Crippen LogP contribution in [0, 0.1) is 12.8 Å². The summed E-state index contributed by atoms with van der Waals surface area (Å²) in [4.78, 5) is 29.1. The van der Waals surface area contributed by atoms with Gasteiger partial charge in [0.1, 0.15) is 5.76 Å². The Balaban J connectivity index is 1.62. The minimum absolute atomic E-state index is 0.126. The van der Waals surface area contributed by atoms with Crippen LogP contribution >= 0.6 is 0 Å². The first kappa shape index (κ1) is 28.9. The Hall–Kier alpha value is -3.12. The molecule has 39 heavy (non-hydrogen) atoms. The molecule has 3 aromatic rings. The maximum absolute atomic E-state index is 13.0. The molecule has 210 valence electrons. The SMILES string of the molecule is CNC(=O)c1c(-c2ccc(C)cc2)oc2nc(CN(CCCCC(COC)C(=O)O)S(=O)O)c(C3CC3)cc12. The highest BCUT2D eigenvalue weighted by atomic mass is 32.2. The van der Waals surface area contributed by atoms with Gasteiger partial charge in [0, 0.05) is 26.3 Å². The zero-order valence-electron chi connectivity index (χ0n) is 22.4. The number of carboxylic acid groups (broad SMARTS) is 1. The highest BCUT2D eigenvalue weighted by Gasteiger charge is 2.31. The molecular weight excluding hydrogens is 522 g/mol. The van der Waals surface area contributed by atoms with Crippen LogP contribution in [0.25, 0.3) is 22.4 Å². The Morgan fingerprint density at radius 3 is 2.56 bits per heavy atom. The first-order chi connectivity index (χ1) is 18.7. The van der Waals surface area contributed by atoms with Crippen molar-refractivity contribution in [3.8, 4) is 11.3 Å². The number of carbonyl (C=O) groups excluding carboxylic acids is 1. The summed E-state index contributed by atoms with van der Waals surface area (Å²) in [7, 11) is 3.04.